The number of nitrogens with zero attached hydrogens (tertiary/aromatic N) is 2. The summed E-state index contributed by atoms with van der Waals surface area (Å²) < 4.78 is 16.1. The van der Waals surface area contributed by atoms with E-state index in [2.05, 4.69) is 15.5 Å². The molecule has 0 radical (unpaired) electrons. The zero-order valence-corrected chi connectivity index (χ0v) is 13.1. The standard InChI is InChI=1S/C15H15N3O4S/c19-13(7-23-15-18-17-14(22-15)10-2-3-10)16-6-9-1-4-11-12(5-9)21-8-20-11/h1,4-5,10H,2-3,6-8H2,(H,16,19). The number of carbonyl (C=O) groups is 1. The Morgan fingerprint density at radius 2 is 2.13 bits per heavy atom. The van der Waals surface area contributed by atoms with Gasteiger partial charge in [-0.15, -0.1) is 10.2 Å². The molecule has 1 aliphatic carbocycles. The first-order valence-electron chi connectivity index (χ1n) is 7.39. The summed E-state index contributed by atoms with van der Waals surface area (Å²) in [6.45, 7) is 0.683. The summed E-state index contributed by atoms with van der Waals surface area (Å²) in [4.78, 5) is 11.9. The van der Waals surface area contributed by atoms with Crippen molar-refractivity contribution in [3.63, 3.8) is 0 Å². The number of carbonyl (C=O) groups excluding carboxylic acids is 1. The molecule has 2 aromatic rings. The molecule has 0 spiro atoms. The highest BCUT2D eigenvalue weighted by molar-refractivity contribution is 7.99. The Bertz CT molecular complexity index is 729. The molecule has 1 amide bonds. The van der Waals surface area contributed by atoms with E-state index in [-0.39, 0.29) is 18.5 Å². The van der Waals surface area contributed by atoms with Gasteiger partial charge in [0.15, 0.2) is 11.5 Å². The van der Waals surface area contributed by atoms with Gasteiger partial charge in [-0.2, -0.15) is 0 Å². The fraction of sp³-hybridized carbons (Fsp3) is 0.400. The van der Waals surface area contributed by atoms with Crippen molar-refractivity contribution in [1.82, 2.24) is 15.5 Å². The molecule has 23 heavy (non-hydrogen) atoms. The molecule has 1 fully saturated rings. The van der Waals surface area contributed by atoms with Gasteiger partial charge in [0.05, 0.1) is 5.75 Å². The highest BCUT2D eigenvalue weighted by Gasteiger charge is 2.29. The second-order valence-electron chi connectivity index (χ2n) is 5.43. The lowest BCUT2D eigenvalue weighted by Crippen LogP contribution is -2.24. The van der Waals surface area contributed by atoms with E-state index in [4.69, 9.17) is 13.9 Å². The Kier molecular flexibility index (Phi) is 3.82. The monoisotopic (exact) mass is 333 g/mol. The van der Waals surface area contributed by atoms with Gasteiger partial charge >= 0.3 is 0 Å². The van der Waals surface area contributed by atoms with Crippen molar-refractivity contribution in [1.29, 1.82) is 0 Å². The molecule has 2 aliphatic rings. The van der Waals surface area contributed by atoms with Gasteiger partial charge in [-0.25, -0.2) is 0 Å². The third-order valence-corrected chi connectivity index (χ3v) is 4.42. The second kappa shape index (κ2) is 6.11. The van der Waals surface area contributed by atoms with E-state index in [1.165, 1.54) is 11.8 Å². The molecule has 4 rings (SSSR count). The number of benzene rings is 1. The third kappa shape index (κ3) is 3.42. The summed E-state index contributed by atoms with van der Waals surface area (Å²) in [5, 5.41) is 11.2. The van der Waals surface area contributed by atoms with Gasteiger partial charge in [0.2, 0.25) is 18.6 Å². The van der Waals surface area contributed by atoms with Crippen molar-refractivity contribution in [2.45, 2.75) is 30.5 Å². The Morgan fingerprint density at radius 3 is 3.00 bits per heavy atom. The number of hydrogen-bond acceptors (Lipinski definition) is 7. The minimum Gasteiger partial charge on any atom is -0.454 e. The summed E-state index contributed by atoms with van der Waals surface area (Å²) in [6.07, 6.45) is 2.23. The van der Waals surface area contributed by atoms with Crippen molar-refractivity contribution in [2.75, 3.05) is 12.5 Å². The molecule has 1 aromatic heterocycles. The average molecular weight is 333 g/mol. The van der Waals surface area contributed by atoms with E-state index in [0.29, 0.717) is 29.3 Å². The maximum absolute atomic E-state index is 11.9. The lowest BCUT2D eigenvalue weighted by atomic mass is 10.2. The van der Waals surface area contributed by atoms with E-state index in [0.717, 1.165) is 24.2 Å². The minimum atomic E-state index is -0.0844. The molecule has 0 saturated heterocycles. The van der Waals surface area contributed by atoms with Gasteiger partial charge in [0.25, 0.3) is 5.22 Å². The van der Waals surface area contributed by atoms with Crippen LogP contribution in [0.25, 0.3) is 0 Å². The van der Waals surface area contributed by atoms with E-state index < -0.39 is 0 Å². The van der Waals surface area contributed by atoms with Crippen molar-refractivity contribution in [3.05, 3.63) is 29.7 Å². The number of aromatic nitrogens is 2. The zero-order valence-electron chi connectivity index (χ0n) is 12.3. The van der Waals surface area contributed by atoms with Gasteiger partial charge in [0, 0.05) is 12.5 Å². The number of fused-ring (bicyclic) bond motifs is 1. The molecule has 2 heterocycles. The molecule has 1 aromatic carbocycles. The van der Waals surface area contributed by atoms with Crippen molar-refractivity contribution in [2.24, 2.45) is 0 Å². The summed E-state index contributed by atoms with van der Waals surface area (Å²) in [5.41, 5.74) is 0.960. The molecular weight excluding hydrogens is 318 g/mol. The van der Waals surface area contributed by atoms with Crippen LogP contribution in [0.15, 0.2) is 27.8 Å². The normalized spacial score (nSPS) is 15.7. The molecule has 1 saturated carbocycles. The maximum atomic E-state index is 11.9. The van der Waals surface area contributed by atoms with Crippen LogP contribution in [0.2, 0.25) is 0 Å². The Balaban J connectivity index is 1.25. The van der Waals surface area contributed by atoms with Gasteiger partial charge in [0.1, 0.15) is 0 Å². The SMILES string of the molecule is O=C(CSc1nnc(C2CC2)o1)NCc1ccc2c(c1)OCO2. The van der Waals surface area contributed by atoms with Crippen LogP contribution in [0.1, 0.15) is 30.2 Å². The number of amides is 1. The van der Waals surface area contributed by atoms with Crippen LogP contribution in [-0.4, -0.2) is 28.7 Å². The topological polar surface area (TPSA) is 86.5 Å². The molecule has 8 heteroatoms. The predicted octanol–water partition coefficient (Wildman–Crippen LogP) is 2.08. The fourth-order valence-corrected chi connectivity index (χ4v) is 2.80. The highest BCUT2D eigenvalue weighted by atomic mass is 32.2. The van der Waals surface area contributed by atoms with Crippen LogP contribution in [0, 0.1) is 0 Å². The quantitative estimate of drug-likeness (QED) is 0.810. The van der Waals surface area contributed by atoms with E-state index >= 15 is 0 Å². The predicted molar refractivity (Wildman–Crippen MR) is 81.4 cm³/mol. The number of thioether (sulfide) groups is 1. The largest absolute Gasteiger partial charge is 0.454 e. The third-order valence-electron chi connectivity index (χ3n) is 3.60. The molecule has 0 atom stereocenters. The zero-order chi connectivity index (χ0) is 15.6. The van der Waals surface area contributed by atoms with Crippen molar-refractivity contribution in [3.8, 4) is 11.5 Å². The maximum Gasteiger partial charge on any atom is 0.277 e. The minimum absolute atomic E-state index is 0.0844. The lowest BCUT2D eigenvalue weighted by molar-refractivity contribution is -0.118. The van der Waals surface area contributed by atoms with Gasteiger partial charge < -0.3 is 19.2 Å². The Labute approximate surface area is 136 Å². The molecule has 7 nitrogen and oxygen atoms in total. The first kappa shape index (κ1) is 14.4. The number of ether oxygens (including phenoxy) is 2. The smallest absolute Gasteiger partial charge is 0.277 e. The van der Waals surface area contributed by atoms with E-state index in [9.17, 15) is 4.79 Å². The number of rotatable bonds is 6. The summed E-state index contributed by atoms with van der Waals surface area (Å²) in [5.74, 6) is 2.73. The average Bonchev–Trinajstić information content (AvgIpc) is 3.12. The molecule has 0 bridgehead atoms. The first-order chi connectivity index (χ1) is 11.3. The van der Waals surface area contributed by atoms with Crippen molar-refractivity contribution >= 4 is 17.7 Å². The van der Waals surface area contributed by atoms with E-state index in [1.807, 2.05) is 18.2 Å². The van der Waals surface area contributed by atoms with Crippen LogP contribution in [0.4, 0.5) is 0 Å². The highest BCUT2D eigenvalue weighted by Crippen LogP contribution is 2.39. The van der Waals surface area contributed by atoms with Crippen LogP contribution >= 0.6 is 11.8 Å². The van der Waals surface area contributed by atoms with Crippen LogP contribution in [0.3, 0.4) is 0 Å². The summed E-state index contributed by atoms with van der Waals surface area (Å²) >= 11 is 1.25. The number of nitrogens with one attached hydrogen (secondary N) is 1. The molecule has 1 aliphatic heterocycles. The van der Waals surface area contributed by atoms with Crippen LogP contribution in [-0.2, 0) is 11.3 Å². The fourth-order valence-electron chi connectivity index (χ4n) is 2.20. The molecule has 120 valence electrons. The van der Waals surface area contributed by atoms with Gasteiger partial charge in [-0.3, -0.25) is 4.79 Å². The van der Waals surface area contributed by atoms with Crippen LogP contribution in [0.5, 0.6) is 11.5 Å². The van der Waals surface area contributed by atoms with Gasteiger partial charge in [-0.05, 0) is 30.5 Å². The Morgan fingerprint density at radius 1 is 1.26 bits per heavy atom. The molecule has 0 unspecified atom stereocenters. The Hall–Kier alpha value is -2.22. The van der Waals surface area contributed by atoms with Crippen molar-refractivity contribution < 1.29 is 18.7 Å². The lowest BCUT2D eigenvalue weighted by Gasteiger charge is -2.05. The first-order valence-corrected chi connectivity index (χ1v) is 8.38. The summed E-state index contributed by atoms with van der Waals surface area (Å²) in [6, 6.07) is 5.62. The van der Waals surface area contributed by atoms with E-state index in [1.54, 1.807) is 0 Å². The van der Waals surface area contributed by atoms with Gasteiger partial charge in [-0.1, -0.05) is 17.8 Å². The second-order valence-corrected chi connectivity index (χ2v) is 6.36. The number of hydrogen-bond donors (Lipinski definition) is 1. The summed E-state index contributed by atoms with van der Waals surface area (Å²) in [7, 11) is 0. The molecular formula is C15H15N3O4S. The molecule has 1 N–H and O–H groups in total. The van der Waals surface area contributed by atoms with Crippen LogP contribution < -0.4 is 14.8 Å².